The summed E-state index contributed by atoms with van der Waals surface area (Å²) in [6, 6.07) is 7.84. The minimum Gasteiger partial charge on any atom is -0.496 e. The smallest absolute Gasteiger partial charge is 0.374 e. The van der Waals surface area contributed by atoms with E-state index in [2.05, 4.69) is 10.3 Å². The summed E-state index contributed by atoms with van der Waals surface area (Å²) in [4.78, 5) is 30.2. The number of aliphatic hydroxyl groups excluding tert-OH is 2. The van der Waals surface area contributed by atoms with E-state index >= 15 is 0 Å². The van der Waals surface area contributed by atoms with Gasteiger partial charge in [-0.2, -0.15) is 0 Å². The van der Waals surface area contributed by atoms with Crippen LogP contribution in [0.15, 0.2) is 47.9 Å². The van der Waals surface area contributed by atoms with Gasteiger partial charge in [0.05, 0.1) is 38.1 Å². The molecule has 4 atom stereocenters. The molecule has 1 saturated carbocycles. The highest BCUT2D eigenvalue weighted by atomic mass is 16.6. The molecule has 1 aliphatic carbocycles. The number of rotatable bonds is 8. The molecule has 0 amide bonds. The number of hydrogen-bond donors (Lipinski definition) is 5. The van der Waals surface area contributed by atoms with Crippen LogP contribution in [0.2, 0.25) is 0 Å². The Bertz CT molecular complexity index is 1850. The van der Waals surface area contributed by atoms with Crippen LogP contribution in [0.5, 0.6) is 17.2 Å². The Labute approximate surface area is 284 Å². The number of piperidine rings is 1. The van der Waals surface area contributed by atoms with E-state index in [1.165, 1.54) is 0 Å². The van der Waals surface area contributed by atoms with Crippen molar-refractivity contribution in [1.82, 2.24) is 10.3 Å². The summed E-state index contributed by atoms with van der Waals surface area (Å²) < 4.78 is 24.2. The van der Waals surface area contributed by atoms with E-state index in [1.807, 2.05) is 37.4 Å². The molecule has 11 heteroatoms. The van der Waals surface area contributed by atoms with Crippen molar-refractivity contribution in [2.24, 2.45) is 11.8 Å². The fraction of sp³-hybridized carbons (Fsp3) is 0.474. The van der Waals surface area contributed by atoms with E-state index in [0.717, 1.165) is 48.0 Å². The maximum Gasteiger partial charge on any atom is 0.374 e. The molecule has 4 aliphatic rings. The Morgan fingerprint density at radius 1 is 1.10 bits per heavy atom. The number of aromatic amines is 1. The van der Waals surface area contributed by atoms with Gasteiger partial charge in [-0.1, -0.05) is 11.6 Å². The first-order chi connectivity index (χ1) is 23.7. The largest absolute Gasteiger partial charge is 0.496 e. The monoisotopic (exact) mass is 672 g/mol. The van der Waals surface area contributed by atoms with Gasteiger partial charge in [-0.05, 0) is 99.3 Å². The van der Waals surface area contributed by atoms with Crippen molar-refractivity contribution in [3.63, 3.8) is 0 Å². The average Bonchev–Trinajstić information content (AvgIpc) is 3.78. The zero-order valence-electron chi connectivity index (χ0n) is 28.1. The molecule has 1 saturated heterocycles. The predicted octanol–water partition coefficient (Wildman–Crippen LogP) is 4.07. The van der Waals surface area contributed by atoms with Gasteiger partial charge in [0.2, 0.25) is 5.76 Å². The van der Waals surface area contributed by atoms with Crippen LogP contribution in [0.3, 0.4) is 0 Å². The van der Waals surface area contributed by atoms with Crippen LogP contribution >= 0.6 is 0 Å². The van der Waals surface area contributed by atoms with Gasteiger partial charge in [0.1, 0.15) is 34.7 Å². The van der Waals surface area contributed by atoms with E-state index in [0.29, 0.717) is 46.6 Å². The zero-order chi connectivity index (χ0) is 34.4. The topological polar surface area (TPSA) is 160 Å². The average molecular weight is 673 g/mol. The Morgan fingerprint density at radius 3 is 2.61 bits per heavy atom. The molecule has 260 valence electrons. The first-order valence-electron chi connectivity index (χ1n) is 17.2. The third-order valence-corrected chi connectivity index (χ3v) is 10.9. The minimum absolute atomic E-state index is 0.00915. The van der Waals surface area contributed by atoms with Crippen LogP contribution in [-0.4, -0.2) is 77.2 Å². The fourth-order valence-corrected chi connectivity index (χ4v) is 8.19. The zero-order valence-corrected chi connectivity index (χ0v) is 28.1. The molecule has 2 aromatic carbocycles. The molecule has 7 rings (SSSR count). The molecule has 11 nitrogen and oxygen atoms in total. The van der Waals surface area contributed by atoms with E-state index < -0.39 is 36.1 Å². The lowest BCUT2D eigenvalue weighted by Gasteiger charge is -2.39. The van der Waals surface area contributed by atoms with Gasteiger partial charge in [-0.25, -0.2) is 4.79 Å². The summed E-state index contributed by atoms with van der Waals surface area (Å²) in [5.41, 5.74) is 3.64. The van der Waals surface area contributed by atoms with E-state index in [9.17, 15) is 24.9 Å². The molecular weight excluding hydrogens is 628 g/mol. The number of aromatic nitrogens is 1. The second-order valence-electron chi connectivity index (χ2n) is 13.7. The van der Waals surface area contributed by atoms with E-state index in [1.54, 1.807) is 20.1 Å². The summed E-state index contributed by atoms with van der Waals surface area (Å²) >= 11 is 0. The van der Waals surface area contributed by atoms with E-state index in [4.69, 9.17) is 18.9 Å². The summed E-state index contributed by atoms with van der Waals surface area (Å²) in [6.45, 7) is 4.46. The molecular formula is C38H44N2O9. The third-order valence-electron chi connectivity index (χ3n) is 10.9. The molecule has 1 aromatic heterocycles. The van der Waals surface area contributed by atoms with Crippen molar-refractivity contribution in [2.75, 3.05) is 33.4 Å². The molecule has 0 unspecified atom stereocenters. The standard InChI is InChI=1S/C38H44N2O9/c1-4-47-37(44)30-16-25(22-14-23(18-41)33(43)26(15-22)20-5-6-29-21(13-20)7-12-40-29)32-35(46-3)27-17-31(38(2,45)24-8-10-39-11-9-24)49-34(27)28(19-42)36(32)48-30/h5-7,12-13,16,23-24,26,31,39-42,45H,4,8-11,14-15,17-19H2,1-3H3/b25-22-/t23-,26-,31+,38-/m1/s1. The highest BCUT2D eigenvalue weighted by Gasteiger charge is 2.48. The summed E-state index contributed by atoms with van der Waals surface area (Å²) in [6.07, 6.45) is 5.41. The van der Waals surface area contributed by atoms with Crippen molar-refractivity contribution in [2.45, 2.75) is 70.2 Å². The van der Waals surface area contributed by atoms with Crippen molar-refractivity contribution in [3.8, 4) is 17.2 Å². The van der Waals surface area contributed by atoms with Gasteiger partial charge >= 0.3 is 5.97 Å². The Balaban J connectivity index is 1.39. The second-order valence-corrected chi connectivity index (χ2v) is 13.7. The van der Waals surface area contributed by atoms with Gasteiger partial charge in [0.15, 0.2) is 0 Å². The number of allylic oxidation sites excluding steroid dienone is 3. The second kappa shape index (κ2) is 13.3. The quantitative estimate of drug-likeness (QED) is 0.221. The van der Waals surface area contributed by atoms with Gasteiger partial charge < -0.3 is 44.6 Å². The molecule has 49 heavy (non-hydrogen) atoms. The number of esters is 1. The van der Waals surface area contributed by atoms with Gasteiger partial charge in [-0.3, -0.25) is 4.79 Å². The molecule has 2 fully saturated rings. The summed E-state index contributed by atoms with van der Waals surface area (Å²) in [5.74, 6) is -0.965. The lowest BCUT2D eigenvalue weighted by molar-refractivity contribution is -0.141. The number of Topliss-reactive ketones (excluding diaryl/α,β-unsaturated/α-hetero) is 1. The van der Waals surface area contributed by atoms with Crippen LogP contribution in [0, 0.1) is 11.8 Å². The highest BCUT2D eigenvalue weighted by Crippen LogP contribution is 2.55. The first kappa shape index (κ1) is 33.3. The molecule has 0 bridgehead atoms. The van der Waals surface area contributed by atoms with Gasteiger partial charge in [-0.15, -0.1) is 0 Å². The van der Waals surface area contributed by atoms with Crippen LogP contribution in [0.25, 0.3) is 16.5 Å². The van der Waals surface area contributed by atoms with Gasteiger partial charge in [0.25, 0.3) is 0 Å². The van der Waals surface area contributed by atoms with Crippen LogP contribution < -0.4 is 19.5 Å². The van der Waals surface area contributed by atoms with Crippen LogP contribution in [-0.2, 0) is 27.4 Å². The molecule has 0 spiro atoms. The predicted molar refractivity (Wildman–Crippen MR) is 181 cm³/mol. The Hall–Kier alpha value is -4.16. The Kier molecular flexibility index (Phi) is 9.04. The van der Waals surface area contributed by atoms with E-state index in [-0.39, 0.29) is 42.8 Å². The SMILES string of the molecule is CCOC(=O)C1=C/C(=C2\C[C@H](CO)C(=O)[C@@H](c3ccc4[nH]ccc4c3)C2)c2c(OC)c3c(c(CO)c2O1)O[C@H]([C@](C)(O)C1CCNCC1)C3. The summed E-state index contributed by atoms with van der Waals surface area (Å²) in [5, 5.41) is 37.5. The van der Waals surface area contributed by atoms with Crippen LogP contribution in [0.1, 0.15) is 67.7 Å². The van der Waals surface area contributed by atoms with Crippen molar-refractivity contribution in [3.05, 3.63) is 70.1 Å². The number of nitrogens with one attached hydrogen (secondary N) is 2. The number of fused-ring (bicyclic) bond motifs is 3. The first-order valence-corrected chi connectivity index (χ1v) is 17.2. The minimum atomic E-state index is -1.16. The lowest BCUT2D eigenvalue weighted by Crippen LogP contribution is -2.51. The Morgan fingerprint density at radius 2 is 1.90 bits per heavy atom. The number of methoxy groups -OCH3 is 1. The van der Waals surface area contributed by atoms with Gasteiger partial charge in [0, 0.05) is 35.5 Å². The number of aliphatic hydroxyl groups is 3. The normalized spacial score (nSPS) is 25.1. The van der Waals surface area contributed by atoms with Crippen LogP contribution in [0.4, 0.5) is 0 Å². The molecule has 5 N–H and O–H groups in total. The van der Waals surface area contributed by atoms with Crippen molar-refractivity contribution < 1.29 is 43.9 Å². The third kappa shape index (κ3) is 5.72. The maximum absolute atomic E-state index is 13.8. The number of ketones is 1. The number of H-pyrrole nitrogens is 1. The number of carbonyl (C=O) groups is 2. The number of benzene rings is 2. The number of ether oxygens (including phenoxy) is 4. The fourth-order valence-electron chi connectivity index (χ4n) is 8.19. The number of hydrogen-bond acceptors (Lipinski definition) is 10. The molecule has 3 aliphatic heterocycles. The molecule has 0 radical (unpaired) electrons. The lowest BCUT2D eigenvalue weighted by atomic mass is 9.72. The molecule has 3 aromatic rings. The summed E-state index contributed by atoms with van der Waals surface area (Å²) in [7, 11) is 1.55. The van der Waals surface area contributed by atoms with Crippen molar-refractivity contribution in [1.29, 1.82) is 0 Å². The van der Waals surface area contributed by atoms with Crippen molar-refractivity contribution >= 4 is 28.2 Å². The highest BCUT2D eigenvalue weighted by molar-refractivity contribution is 5.99. The molecule has 4 heterocycles. The maximum atomic E-state index is 13.8. The number of carbonyl (C=O) groups excluding carboxylic acids is 2.